The van der Waals surface area contributed by atoms with Gasteiger partial charge in [0.1, 0.15) is 0 Å². The minimum absolute atomic E-state index is 0.201. The van der Waals surface area contributed by atoms with Crippen molar-refractivity contribution in [3.8, 4) is 5.75 Å². The average Bonchev–Trinajstić information content (AvgIpc) is 2.77. The summed E-state index contributed by atoms with van der Waals surface area (Å²) in [4.78, 5) is 0. The highest BCUT2D eigenvalue weighted by atomic mass is 16.5. The van der Waals surface area contributed by atoms with Crippen LogP contribution in [0, 0.1) is 0 Å². The normalized spacial score (nSPS) is 20.0. The summed E-state index contributed by atoms with van der Waals surface area (Å²) < 4.78 is 13.6. The predicted octanol–water partition coefficient (Wildman–Crippen LogP) is 3.04. The first-order valence-electron chi connectivity index (χ1n) is 8.17. The van der Waals surface area contributed by atoms with E-state index in [2.05, 4.69) is 12.0 Å². The Balaban J connectivity index is 2.37. The highest BCUT2D eigenvalue weighted by Gasteiger charge is 2.41. The standard InChI is InChI=1S/C16H29N3O2/c1-4-19-14(13(20-3)12-18-19)15(17)16(21-5-2)10-8-6-7-9-11-16/h12,15H,4-11,17H2,1-3H3. The maximum absolute atomic E-state index is 6.69. The second-order valence-electron chi connectivity index (χ2n) is 5.80. The Morgan fingerprint density at radius 1 is 1.29 bits per heavy atom. The van der Waals surface area contributed by atoms with Crippen LogP contribution in [0.15, 0.2) is 6.20 Å². The van der Waals surface area contributed by atoms with Crippen LogP contribution in [0.2, 0.25) is 0 Å². The minimum atomic E-state index is -0.286. The Hall–Kier alpha value is -1.07. The van der Waals surface area contributed by atoms with Gasteiger partial charge in [0.05, 0.1) is 30.6 Å². The van der Waals surface area contributed by atoms with E-state index in [9.17, 15) is 0 Å². The molecule has 1 aromatic rings. The van der Waals surface area contributed by atoms with E-state index in [1.165, 1.54) is 25.7 Å². The molecule has 2 N–H and O–H groups in total. The molecule has 2 rings (SSSR count). The van der Waals surface area contributed by atoms with Gasteiger partial charge in [0, 0.05) is 13.2 Å². The van der Waals surface area contributed by atoms with Crippen LogP contribution in [-0.2, 0) is 11.3 Å². The molecule has 0 aliphatic heterocycles. The van der Waals surface area contributed by atoms with Crippen LogP contribution in [-0.4, -0.2) is 29.1 Å². The molecule has 5 heteroatoms. The maximum Gasteiger partial charge on any atom is 0.161 e. The Kier molecular flexibility index (Phi) is 5.65. The van der Waals surface area contributed by atoms with Gasteiger partial charge in [0.2, 0.25) is 0 Å². The van der Waals surface area contributed by atoms with Crippen molar-refractivity contribution in [2.45, 2.75) is 70.6 Å². The molecule has 1 aliphatic carbocycles. The van der Waals surface area contributed by atoms with E-state index in [0.29, 0.717) is 6.61 Å². The molecule has 1 aromatic heterocycles. The summed E-state index contributed by atoms with van der Waals surface area (Å²) in [6.07, 6.45) is 8.68. The number of methoxy groups -OCH3 is 1. The summed E-state index contributed by atoms with van der Waals surface area (Å²) >= 11 is 0. The molecular weight excluding hydrogens is 266 g/mol. The number of hydrogen-bond acceptors (Lipinski definition) is 4. The molecular formula is C16H29N3O2. The molecule has 1 atom stereocenters. The van der Waals surface area contributed by atoms with E-state index in [1.807, 2.05) is 11.6 Å². The summed E-state index contributed by atoms with van der Waals surface area (Å²) in [6, 6.07) is -0.201. The molecule has 1 heterocycles. The number of nitrogens with two attached hydrogens (primary N) is 1. The van der Waals surface area contributed by atoms with Crippen LogP contribution in [0.5, 0.6) is 5.75 Å². The number of ether oxygens (including phenoxy) is 2. The van der Waals surface area contributed by atoms with E-state index in [1.54, 1.807) is 13.3 Å². The minimum Gasteiger partial charge on any atom is -0.493 e. The van der Waals surface area contributed by atoms with Gasteiger partial charge in [-0.2, -0.15) is 5.10 Å². The molecule has 1 aliphatic rings. The van der Waals surface area contributed by atoms with E-state index < -0.39 is 0 Å². The molecule has 0 bridgehead atoms. The van der Waals surface area contributed by atoms with E-state index in [0.717, 1.165) is 30.8 Å². The predicted molar refractivity (Wildman–Crippen MR) is 83.4 cm³/mol. The van der Waals surface area contributed by atoms with Crippen LogP contribution in [0.25, 0.3) is 0 Å². The van der Waals surface area contributed by atoms with E-state index >= 15 is 0 Å². The van der Waals surface area contributed by atoms with Crippen molar-refractivity contribution < 1.29 is 9.47 Å². The Morgan fingerprint density at radius 2 is 1.95 bits per heavy atom. The van der Waals surface area contributed by atoms with Gasteiger partial charge in [-0.1, -0.05) is 25.7 Å². The zero-order valence-electron chi connectivity index (χ0n) is 13.6. The molecule has 0 amide bonds. The molecule has 1 fully saturated rings. The van der Waals surface area contributed by atoms with Crippen molar-refractivity contribution in [1.82, 2.24) is 9.78 Å². The number of nitrogens with zero attached hydrogens (tertiary/aromatic N) is 2. The number of aromatic nitrogens is 2. The Bertz CT molecular complexity index is 415. The first kappa shape index (κ1) is 16.3. The first-order chi connectivity index (χ1) is 10.2. The fraction of sp³-hybridized carbons (Fsp3) is 0.812. The highest BCUT2D eigenvalue weighted by molar-refractivity contribution is 5.30. The largest absolute Gasteiger partial charge is 0.493 e. The molecule has 21 heavy (non-hydrogen) atoms. The van der Waals surface area contributed by atoms with Gasteiger partial charge in [0.25, 0.3) is 0 Å². The van der Waals surface area contributed by atoms with Crippen LogP contribution in [0.1, 0.15) is 64.1 Å². The number of aryl methyl sites for hydroxylation is 1. The third-order valence-electron chi connectivity index (χ3n) is 4.61. The van der Waals surface area contributed by atoms with Crippen LogP contribution in [0.3, 0.4) is 0 Å². The van der Waals surface area contributed by atoms with Gasteiger partial charge in [-0.25, -0.2) is 0 Å². The van der Waals surface area contributed by atoms with Crippen molar-refractivity contribution in [2.75, 3.05) is 13.7 Å². The third kappa shape index (κ3) is 3.24. The lowest BCUT2D eigenvalue weighted by Gasteiger charge is -2.38. The van der Waals surface area contributed by atoms with Gasteiger partial charge < -0.3 is 15.2 Å². The second kappa shape index (κ2) is 7.27. The van der Waals surface area contributed by atoms with Crippen molar-refractivity contribution in [1.29, 1.82) is 0 Å². The summed E-state index contributed by atoms with van der Waals surface area (Å²) in [5, 5.41) is 4.39. The fourth-order valence-corrected chi connectivity index (χ4v) is 3.51. The summed E-state index contributed by atoms with van der Waals surface area (Å²) in [5.41, 5.74) is 7.37. The molecule has 0 saturated heterocycles. The number of rotatable bonds is 6. The molecule has 1 unspecified atom stereocenters. The average molecular weight is 295 g/mol. The molecule has 120 valence electrons. The van der Waals surface area contributed by atoms with Gasteiger partial charge in [-0.15, -0.1) is 0 Å². The second-order valence-corrected chi connectivity index (χ2v) is 5.80. The molecule has 5 nitrogen and oxygen atoms in total. The zero-order chi connectivity index (χ0) is 15.3. The van der Waals surface area contributed by atoms with Gasteiger partial charge in [-0.05, 0) is 26.7 Å². The van der Waals surface area contributed by atoms with E-state index in [-0.39, 0.29) is 11.6 Å². The Morgan fingerprint density at radius 3 is 2.48 bits per heavy atom. The van der Waals surface area contributed by atoms with Gasteiger partial charge in [0.15, 0.2) is 5.75 Å². The van der Waals surface area contributed by atoms with Crippen LogP contribution < -0.4 is 10.5 Å². The lowest BCUT2D eigenvalue weighted by molar-refractivity contribution is -0.0715. The highest BCUT2D eigenvalue weighted by Crippen LogP contribution is 2.41. The monoisotopic (exact) mass is 295 g/mol. The lowest BCUT2D eigenvalue weighted by Crippen LogP contribution is -2.44. The van der Waals surface area contributed by atoms with Crippen molar-refractivity contribution in [3.05, 3.63) is 11.9 Å². The fourth-order valence-electron chi connectivity index (χ4n) is 3.51. The van der Waals surface area contributed by atoms with Crippen LogP contribution in [0.4, 0.5) is 0 Å². The lowest BCUT2D eigenvalue weighted by atomic mass is 9.84. The molecule has 0 aromatic carbocycles. The maximum atomic E-state index is 6.69. The SMILES string of the molecule is CCOC1(C(N)c2c(OC)cnn2CC)CCCCCC1. The van der Waals surface area contributed by atoms with Crippen molar-refractivity contribution in [2.24, 2.45) is 5.73 Å². The van der Waals surface area contributed by atoms with Gasteiger partial charge in [-0.3, -0.25) is 4.68 Å². The summed E-state index contributed by atoms with van der Waals surface area (Å²) in [5.74, 6) is 0.771. The molecule has 1 saturated carbocycles. The topological polar surface area (TPSA) is 62.3 Å². The summed E-state index contributed by atoms with van der Waals surface area (Å²) in [7, 11) is 1.67. The molecule has 0 radical (unpaired) electrons. The van der Waals surface area contributed by atoms with Crippen molar-refractivity contribution in [3.63, 3.8) is 0 Å². The number of hydrogen-bond donors (Lipinski definition) is 1. The van der Waals surface area contributed by atoms with Gasteiger partial charge >= 0.3 is 0 Å². The first-order valence-corrected chi connectivity index (χ1v) is 8.17. The Labute approximate surface area is 127 Å². The smallest absolute Gasteiger partial charge is 0.161 e. The van der Waals surface area contributed by atoms with E-state index in [4.69, 9.17) is 15.2 Å². The zero-order valence-corrected chi connectivity index (χ0v) is 13.6. The molecule has 0 spiro atoms. The quantitative estimate of drug-likeness (QED) is 0.819. The van der Waals surface area contributed by atoms with Crippen molar-refractivity contribution >= 4 is 0 Å². The summed E-state index contributed by atoms with van der Waals surface area (Å²) in [6.45, 7) is 5.60. The van der Waals surface area contributed by atoms with Crippen LogP contribution >= 0.6 is 0 Å². The third-order valence-corrected chi connectivity index (χ3v) is 4.61.